The fourth-order valence-corrected chi connectivity index (χ4v) is 5.23. The smallest absolute Gasteiger partial charge is 0.309 e. The average molecular weight is 383 g/mol. The largest absolute Gasteiger partial charge is 0.504 e. The molecule has 1 fully saturated rings. The molecule has 28 heavy (non-hydrogen) atoms. The van der Waals surface area contributed by atoms with Crippen LogP contribution in [0.2, 0.25) is 0 Å². The van der Waals surface area contributed by atoms with Crippen LogP contribution < -0.4 is 0 Å². The molecule has 0 spiro atoms. The van der Waals surface area contributed by atoms with Gasteiger partial charge >= 0.3 is 5.97 Å². The maximum atomic E-state index is 12.0. The van der Waals surface area contributed by atoms with Crippen molar-refractivity contribution in [3.05, 3.63) is 47.4 Å². The fraction of sp³-hybridized carbons (Fsp3) is 0.522. The Morgan fingerprint density at radius 3 is 2.89 bits per heavy atom. The maximum absolute atomic E-state index is 12.0. The molecule has 150 valence electrons. The highest BCUT2D eigenvalue weighted by molar-refractivity contribution is 5.85. The van der Waals surface area contributed by atoms with Gasteiger partial charge in [-0.1, -0.05) is 31.5 Å². The lowest BCUT2D eigenvalue weighted by atomic mass is 9.73. The molecule has 5 nitrogen and oxygen atoms in total. The maximum Gasteiger partial charge on any atom is 0.309 e. The van der Waals surface area contributed by atoms with E-state index in [4.69, 9.17) is 9.47 Å². The van der Waals surface area contributed by atoms with Crippen LogP contribution in [0.15, 0.2) is 36.1 Å². The molecule has 2 aliphatic rings. The summed E-state index contributed by atoms with van der Waals surface area (Å²) in [4.78, 5) is 18.3. The molecule has 1 aromatic heterocycles. The van der Waals surface area contributed by atoms with E-state index in [2.05, 4.69) is 41.1 Å². The van der Waals surface area contributed by atoms with E-state index in [1.807, 2.05) is 0 Å². The summed E-state index contributed by atoms with van der Waals surface area (Å²) >= 11 is 0. The minimum Gasteiger partial charge on any atom is -0.504 e. The van der Waals surface area contributed by atoms with Crippen molar-refractivity contribution in [2.45, 2.75) is 38.6 Å². The van der Waals surface area contributed by atoms with Gasteiger partial charge in [0.2, 0.25) is 0 Å². The molecular formula is C23H30N2O3. The number of esters is 1. The predicted octanol–water partition coefficient (Wildman–Crippen LogP) is 4.21. The van der Waals surface area contributed by atoms with E-state index in [1.165, 1.54) is 29.3 Å². The van der Waals surface area contributed by atoms with Crippen LogP contribution in [0.1, 0.15) is 43.5 Å². The lowest BCUT2D eigenvalue weighted by Crippen LogP contribution is -2.46. The highest BCUT2D eigenvalue weighted by Gasteiger charge is 2.41. The molecule has 3 unspecified atom stereocenters. The lowest BCUT2D eigenvalue weighted by molar-refractivity contribution is -0.140. The molecule has 0 aliphatic carbocycles. The third-order valence-corrected chi connectivity index (χ3v) is 6.63. The number of aromatic nitrogens is 1. The van der Waals surface area contributed by atoms with Crippen molar-refractivity contribution in [1.82, 2.24) is 9.88 Å². The molecule has 0 saturated carbocycles. The van der Waals surface area contributed by atoms with Gasteiger partial charge in [0.15, 0.2) is 0 Å². The molecule has 4 rings (SSSR count). The van der Waals surface area contributed by atoms with Gasteiger partial charge in [0.25, 0.3) is 0 Å². The normalized spacial score (nSPS) is 25.2. The van der Waals surface area contributed by atoms with Crippen molar-refractivity contribution >= 4 is 16.9 Å². The number of nitrogens with zero attached hydrogens (tertiary/aromatic N) is 1. The van der Waals surface area contributed by atoms with Crippen molar-refractivity contribution in [3.8, 4) is 0 Å². The fourth-order valence-electron chi connectivity index (χ4n) is 5.23. The number of fused-ring (bicyclic) bond motifs is 5. The Kier molecular flexibility index (Phi) is 5.44. The molecule has 5 heteroatoms. The van der Waals surface area contributed by atoms with Crippen LogP contribution in [-0.4, -0.2) is 43.2 Å². The van der Waals surface area contributed by atoms with Crippen LogP contribution in [-0.2, 0) is 20.7 Å². The van der Waals surface area contributed by atoms with Gasteiger partial charge in [-0.25, -0.2) is 0 Å². The molecule has 2 aromatic rings. The minimum absolute atomic E-state index is 0.199. The minimum atomic E-state index is -0.199. The molecular weight excluding hydrogens is 352 g/mol. The number of methoxy groups -OCH3 is 2. The van der Waals surface area contributed by atoms with Gasteiger partial charge in [-0.2, -0.15) is 0 Å². The summed E-state index contributed by atoms with van der Waals surface area (Å²) < 4.78 is 10.3. The number of H-pyrrole nitrogens is 1. The Bertz CT molecular complexity index is 885. The first kappa shape index (κ1) is 19.1. The van der Waals surface area contributed by atoms with Crippen LogP contribution >= 0.6 is 0 Å². The van der Waals surface area contributed by atoms with Gasteiger partial charge in [0.05, 0.1) is 32.9 Å². The van der Waals surface area contributed by atoms with Crippen LogP contribution in [0.25, 0.3) is 10.9 Å². The first-order chi connectivity index (χ1) is 13.7. The summed E-state index contributed by atoms with van der Waals surface area (Å²) in [7, 11) is 3.11. The van der Waals surface area contributed by atoms with Crippen LogP contribution in [0.3, 0.4) is 0 Å². The number of piperidine rings is 1. The van der Waals surface area contributed by atoms with E-state index >= 15 is 0 Å². The summed E-state index contributed by atoms with van der Waals surface area (Å²) in [6, 6.07) is 8.97. The predicted molar refractivity (Wildman–Crippen MR) is 110 cm³/mol. The van der Waals surface area contributed by atoms with Gasteiger partial charge in [0, 0.05) is 29.7 Å². The van der Waals surface area contributed by atoms with Gasteiger partial charge in [0.1, 0.15) is 0 Å². The standard InChI is InChI=1S/C23H30N2O3/c1-4-15-13-25-10-9-18-17-7-5-6-8-20(17)24-23(18)21(25)12-19(15)16(14-27-2)11-22(26)28-3/h5-8,14-15,19,21,24H,4,9-13H2,1-3H3/b16-14-. The van der Waals surface area contributed by atoms with E-state index in [-0.39, 0.29) is 5.97 Å². The topological polar surface area (TPSA) is 54.6 Å². The SMILES string of the molecule is CCC1CN2CCc3c([nH]c4ccccc34)C2CC1/C(=C\OC)CC(=O)OC. The van der Waals surface area contributed by atoms with Crippen molar-refractivity contribution in [3.63, 3.8) is 0 Å². The third kappa shape index (κ3) is 3.32. The van der Waals surface area contributed by atoms with Crippen LogP contribution in [0.5, 0.6) is 0 Å². The summed E-state index contributed by atoms with van der Waals surface area (Å²) in [5.41, 5.74) is 5.12. The van der Waals surface area contributed by atoms with E-state index in [0.29, 0.717) is 24.3 Å². The number of carbonyl (C=O) groups excluding carboxylic acids is 1. The zero-order chi connectivity index (χ0) is 19.7. The molecule has 0 amide bonds. The quantitative estimate of drug-likeness (QED) is 0.622. The first-order valence-corrected chi connectivity index (χ1v) is 10.3. The highest BCUT2D eigenvalue weighted by atomic mass is 16.5. The number of nitrogens with one attached hydrogen (secondary N) is 1. The van der Waals surface area contributed by atoms with Crippen molar-refractivity contribution < 1.29 is 14.3 Å². The number of hydrogen-bond donors (Lipinski definition) is 1. The Hall–Kier alpha value is -2.27. The Morgan fingerprint density at radius 2 is 2.14 bits per heavy atom. The lowest BCUT2D eigenvalue weighted by Gasteiger charge is -2.46. The van der Waals surface area contributed by atoms with Gasteiger partial charge in [-0.3, -0.25) is 9.69 Å². The number of carbonyl (C=O) groups is 1. The van der Waals surface area contributed by atoms with Crippen molar-refractivity contribution in [2.75, 3.05) is 27.3 Å². The molecule has 1 N–H and O–H groups in total. The Morgan fingerprint density at radius 1 is 1.32 bits per heavy atom. The molecule has 2 aliphatic heterocycles. The number of benzene rings is 1. The van der Waals surface area contributed by atoms with E-state index < -0.39 is 0 Å². The average Bonchev–Trinajstić information content (AvgIpc) is 3.11. The van der Waals surface area contributed by atoms with Gasteiger partial charge in [-0.05, 0) is 41.9 Å². The molecule has 1 aromatic carbocycles. The summed E-state index contributed by atoms with van der Waals surface area (Å²) in [6.45, 7) is 4.41. The molecule has 1 saturated heterocycles. The van der Waals surface area contributed by atoms with Gasteiger partial charge < -0.3 is 14.5 Å². The Balaban J connectivity index is 1.68. The number of hydrogen-bond acceptors (Lipinski definition) is 4. The van der Waals surface area contributed by atoms with Crippen LogP contribution in [0.4, 0.5) is 0 Å². The summed E-state index contributed by atoms with van der Waals surface area (Å²) in [5, 5.41) is 1.36. The highest BCUT2D eigenvalue weighted by Crippen LogP contribution is 2.46. The molecule has 0 bridgehead atoms. The third-order valence-electron chi connectivity index (χ3n) is 6.63. The van der Waals surface area contributed by atoms with Crippen molar-refractivity contribution in [2.24, 2.45) is 11.8 Å². The van der Waals surface area contributed by atoms with Crippen LogP contribution in [0, 0.1) is 11.8 Å². The molecule has 3 heterocycles. The number of para-hydroxylation sites is 1. The van der Waals surface area contributed by atoms with E-state index in [1.54, 1.807) is 13.4 Å². The zero-order valence-corrected chi connectivity index (χ0v) is 17.0. The number of rotatable bonds is 5. The summed E-state index contributed by atoms with van der Waals surface area (Å²) in [5.74, 6) is 0.645. The van der Waals surface area contributed by atoms with E-state index in [0.717, 1.165) is 37.9 Å². The summed E-state index contributed by atoms with van der Waals surface area (Å²) in [6.07, 6.45) is 5.27. The number of ether oxygens (including phenoxy) is 2. The monoisotopic (exact) mass is 382 g/mol. The molecule has 3 atom stereocenters. The van der Waals surface area contributed by atoms with E-state index in [9.17, 15) is 4.79 Å². The second-order valence-corrected chi connectivity index (χ2v) is 8.02. The first-order valence-electron chi connectivity index (χ1n) is 10.3. The molecule has 0 radical (unpaired) electrons. The second-order valence-electron chi connectivity index (χ2n) is 8.02. The second kappa shape index (κ2) is 8.00. The number of aromatic amines is 1. The Labute approximate surface area is 166 Å². The zero-order valence-electron chi connectivity index (χ0n) is 17.0. The van der Waals surface area contributed by atoms with Crippen molar-refractivity contribution in [1.29, 1.82) is 0 Å². The van der Waals surface area contributed by atoms with Gasteiger partial charge in [-0.15, -0.1) is 0 Å².